The molecule has 0 aliphatic carbocycles. The third-order valence-corrected chi connectivity index (χ3v) is 5.73. The van der Waals surface area contributed by atoms with Gasteiger partial charge >= 0.3 is 11.9 Å². The van der Waals surface area contributed by atoms with Crippen LogP contribution >= 0.6 is 11.6 Å². The minimum Gasteiger partial charge on any atom is -0.454 e. The highest BCUT2D eigenvalue weighted by Gasteiger charge is 2.20. The Morgan fingerprint density at radius 3 is 2.20 bits per heavy atom. The molecule has 0 heterocycles. The lowest BCUT2D eigenvalue weighted by molar-refractivity contribution is -0.384. The predicted molar refractivity (Wildman–Crippen MR) is 143 cm³/mol. The van der Waals surface area contributed by atoms with Crippen molar-refractivity contribution in [3.63, 3.8) is 0 Å². The van der Waals surface area contributed by atoms with Gasteiger partial charge in [0.2, 0.25) is 17.5 Å². The third-order valence-electron chi connectivity index (χ3n) is 5.48. The van der Waals surface area contributed by atoms with E-state index in [0.29, 0.717) is 16.3 Å². The smallest absolute Gasteiger partial charge is 0.338 e. The Kier molecular flexibility index (Phi) is 10.2. The minimum absolute atomic E-state index is 0.0338. The summed E-state index contributed by atoms with van der Waals surface area (Å²) >= 11 is 5.80. The fourth-order valence-electron chi connectivity index (χ4n) is 3.38. The monoisotopic (exact) mass is 566 g/mol. The van der Waals surface area contributed by atoms with Crippen molar-refractivity contribution in [2.45, 2.75) is 25.9 Å². The highest BCUT2D eigenvalue weighted by molar-refractivity contribution is 6.30. The van der Waals surface area contributed by atoms with Crippen LogP contribution in [0.25, 0.3) is 0 Å². The summed E-state index contributed by atoms with van der Waals surface area (Å²) in [5.41, 5.74) is 0.558. The summed E-state index contributed by atoms with van der Waals surface area (Å²) in [6.07, 6.45) is -1.50. The molecule has 12 heteroatoms. The molecule has 0 aliphatic heterocycles. The van der Waals surface area contributed by atoms with Crippen LogP contribution in [0.2, 0.25) is 5.02 Å². The van der Waals surface area contributed by atoms with Crippen LogP contribution < -0.4 is 5.32 Å². The molecule has 0 bridgehead atoms. The summed E-state index contributed by atoms with van der Waals surface area (Å²) < 4.78 is 10.1. The van der Waals surface area contributed by atoms with Crippen molar-refractivity contribution in [1.82, 2.24) is 0 Å². The Hall–Kier alpha value is -4.90. The number of hydrogen-bond acceptors (Lipinski definition) is 9. The second-order valence-electron chi connectivity index (χ2n) is 8.44. The van der Waals surface area contributed by atoms with Crippen LogP contribution in [0.4, 0.5) is 11.4 Å². The molecule has 3 aromatic carbocycles. The molecule has 3 aromatic rings. The maximum atomic E-state index is 12.3. The zero-order chi connectivity index (χ0) is 29.2. The average molecular weight is 567 g/mol. The maximum absolute atomic E-state index is 12.3. The Labute approximate surface area is 233 Å². The van der Waals surface area contributed by atoms with E-state index in [1.165, 1.54) is 61.5 Å². The fraction of sp³-hybridized carbons (Fsp3) is 0.179. The van der Waals surface area contributed by atoms with Gasteiger partial charge in [-0.15, -0.1) is 0 Å². The van der Waals surface area contributed by atoms with Crippen molar-refractivity contribution >= 4 is 52.4 Å². The first-order chi connectivity index (χ1) is 19.0. The summed E-state index contributed by atoms with van der Waals surface area (Å²) in [5.74, 6) is -3.03. The number of nitrogens with one attached hydrogen (secondary N) is 1. The van der Waals surface area contributed by atoms with Gasteiger partial charge in [-0.2, -0.15) is 0 Å². The van der Waals surface area contributed by atoms with Crippen molar-refractivity contribution < 1.29 is 38.4 Å². The predicted octanol–water partition coefficient (Wildman–Crippen LogP) is 4.82. The maximum Gasteiger partial charge on any atom is 0.338 e. The summed E-state index contributed by atoms with van der Waals surface area (Å²) in [4.78, 5) is 71.3. The number of ketones is 2. The van der Waals surface area contributed by atoms with Crippen molar-refractivity contribution in [1.29, 1.82) is 0 Å². The van der Waals surface area contributed by atoms with Crippen molar-refractivity contribution in [2.75, 3.05) is 11.9 Å². The van der Waals surface area contributed by atoms with Crippen LogP contribution in [-0.4, -0.2) is 47.0 Å². The first-order valence-electron chi connectivity index (χ1n) is 11.9. The molecule has 0 radical (unpaired) electrons. The number of carbonyl (C=O) groups is 5. The van der Waals surface area contributed by atoms with E-state index in [-0.39, 0.29) is 29.7 Å². The van der Waals surface area contributed by atoms with Gasteiger partial charge in [-0.05, 0) is 55.5 Å². The number of hydrogen-bond donors (Lipinski definition) is 1. The second kappa shape index (κ2) is 13.8. The molecule has 1 atom stereocenters. The molecule has 0 saturated carbocycles. The molecule has 1 N–H and O–H groups in total. The van der Waals surface area contributed by atoms with Gasteiger partial charge in [-0.1, -0.05) is 23.7 Å². The molecular weight excluding hydrogens is 544 g/mol. The second-order valence-corrected chi connectivity index (χ2v) is 8.87. The number of ether oxygens (including phenoxy) is 2. The molecule has 40 heavy (non-hydrogen) atoms. The van der Waals surface area contributed by atoms with E-state index in [1.807, 2.05) is 0 Å². The number of non-ortho nitro benzene ring substituents is 1. The van der Waals surface area contributed by atoms with Crippen LogP contribution in [0.1, 0.15) is 50.8 Å². The van der Waals surface area contributed by atoms with E-state index in [1.54, 1.807) is 12.1 Å². The highest BCUT2D eigenvalue weighted by Crippen LogP contribution is 2.16. The highest BCUT2D eigenvalue weighted by atomic mass is 35.5. The first kappa shape index (κ1) is 29.7. The van der Waals surface area contributed by atoms with Gasteiger partial charge in [0, 0.05) is 40.4 Å². The zero-order valence-electron chi connectivity index (χ0n) is 21.1. The van der Waals surface area contributed by atoms with E-state index < -0.39 is 47.0 Å². The molecule has 11 nitrogen and oxygen atoms in total. The Bertz CT molecular complexity index is 1440. The van der Waals surface area contributed by atoms with Crippen LogP contribution in [-0.2, 0) is 19.1 Å². The van der Waals surface area contributed by atoms with Gasteiger partial charge in [0.05, 0.1) is 16.9 Å². The van der Waals surface area contributed by atoms with Crippen LogP contribution in [0.3, 0.4) is 0 Å². The molecule has 1 amide bonds. The van der Waals surface area contributed by atoms with Gasteiger partial charge in [-0.25, -0.2) is 4.79 Å². The number of esters is 2. The number of carbonyl (C=O) groups excluding carboxylic acids is 5. The number of rotatable bonds is 12. The van der Waals surface area contributed by atoms with E-state index in [0.717, 1.165) is 6.07 Å². The fourth-order valence-corrected chi connectivity index (χ4v) is 3.50. The normalized spacial score (nSPS) is 11.2. The summed E-state index contributed by atoms with van der Waals surface area (Å²) in [5, 5.41) is 13.9. The third kappa shape index (κ3) is 8.57. The number of nitro groups is 1. The van der Waals surface area contributed by atoms with Gasteiger partial charge in [-0.3, -0.25) is 29.3 Å². The molecule has 0 unspecified atom stereocenters. The molecule has 0 aromatic heterocycles. The summed E-state index contributed by atoms with van der Waals surface area (Å²) in [6.45, 7) is 0.823. The van der Waals surface area contributed by atoms with Gasteiger partial charge < -0.3 is 14.8 Å². The van der Waals surface area contributed by atoms with Crippen LogP contribution in [0.5, 0.6) is 0 Å². The molecule has 3 rings (SSSR count). The number of amides is 1. The molecule has 0 saturated heterocycles. The Morgan fingerprint density at radius 2 is 1.55 bits per heavy atom. The number of benzene rings is 3. The summed E-state index contributed by atoms with van der Waals surface area (Å²) in [7, 11) is 0. The topological polar surface area (TPSA) is 159 Å². The first-order valence-corrected chi connectivity index (χ1v) is 12.2. The average Bonchev–Trinajstić information content (AvgIpc) is 2.95. The van der Waals surface area contributed by atoms with Crippen molar-refractivity contribution in [3.05, 3.63) is 105 Å². The minimum atomic E-state index is -1.04. The van der Waals surface area contributed by atoms with Gasteiger partial charge in [0.15, 0.2) is 12.7 Å². The molecule has 0 aliphatic rings. The van der Waals surface area contributed by atoms with Crippen molar-refractivity contribution in [2.24, 2.45) is 0 Å². The largest absolute Gasteiger partial charge is 0.454 e. The molecule has 206 valence electrons. The van der Waals surface area contributed by atoms with Crippen molar-refractivity contribution in [3.8, 4) is 0 Å². The number of nitrogens with zero attached hydrogens (tertiary/aromatic N) is 1. The Morgan fingerprint density at radius 1 is 0.900 bits per heavy atom. The molecule has 0 fully saturated rings. The van der Waals surface area contributed by atoms with E-state index in [4.69, 9.17) is 21.1 Å². The lowest BCUT2D eigenvalue weighted by Crippen LogP contribution is -2.25. The van der Waals surface area contributed by atoms with Crippen LogP contribution in [0.15, 0.2) is 72.8 Å². The van der Waals surface area contributed by atoms with E-state index >= 15 is 0 Å². The zero-order valence-corrected chi connectivity index (χ0v) is 21.9. The van der Waals surface area contributed by atoms with Crippen LogP contribution in [0, 0.1) is 10.1 Å². The number of nitro benzene ring substituents is 1. The SMILES string of the molecule is C[C@@H](OC(=O)CCC(=O)Nc1ccc(C(=O)OCC(=O)c2cccc([N+](=O)[O-])c2)cc1)C(=O)c1ccc(Cl)cc1. The number of Topliss-reactive ketones (excluding diaryl/α,β-unsaturated/α-hetero) is 2. The quantitative estimate of drug-likeness (QED) is 0.140. The lowest BCUT2D eigenvalue weighted by Gasteiger charge is -2.12. The van der Waals surface area contributed by atoms with Gasteiger partial charge in [0.25, 0.3) is 5.69 Å². The standard InChI is InChI=1S/C28H23ClN2O9/c1-17(27(35)18-5-9-21(29)10-6-18)40-26(34)14-13-25(33)30-22-11-7-19(8-12-22)28(36)39-16-24(32)20-3-2-4-23(15-20)31(37)38/h2-12,15,17H,13-14,16H2,1H3,(H,30,33)/t17-/m1/s1. The number of halogens is 1. The molecular formula is C28H23ClN2O9. The molecule has 0 spiro atoms. The van der Waals surface area contributed by atoms with E-state index in [9.17, 15) is 34.1 Å². The Balaban J connectivity index is 1.42. The van der Waals surface area contributed by atoms with Gasteiger partial charge in [0.1, 0.15) is 0 Å². The van der Waals surface area contributed by atoms with E-state index in [2.05, 4.69) is 5.32 Å². The lowest BCUT2D eigenvalue weighted by atomic mass is 10.1. The summed E-state index contributed by atoms with van der Waals surface area (Å²) in [6, 6.07) is 16.8. The number of anilines is 1.